The van der Waals surface area contributed by atoms with Crippen LogP contribution in [0.2, 0.25) is 0 Å². The van der Waals surface area contributed by atoms with E-state index in [1.807, 2.05) is 25.1 Å². The topological polar surface area (TPSA) is 41.1 Å². The predicted molar refractivity (Wildman–Crippen MR) is 75.6 cm³/mol. The highest BCUT2D eigenvalue weighted by Gasteiger charge is 2.42. The molecule has 0 radical (unpaired) electrons. The van der Waals surface area contributed by atoms with Crippen molar-refractivity contribution in [2.45, 2.75) is 38.3 Å². The van der Waals surface area contributed by atoms with Crippen LogP contribution in [0.3, 0.4) is 0 Å². The van der Waals surface area contributed by atoms with Gasteiger partial charge in [0.1, 0.15) is 0 Å². The lowest BCUT2D eigenvalue weighted by Crippen LogP contribution is -2.32. The maximum absolute atomic E-state index is 12.2. The van der Waals surface area contributed by atoms with Crippen molar-refractivity contribution in [1.82, 2.24) is 5.32 Å². The number of rotatable bonds is 2. The molecule has 2 fully saturated rings. The summed E-state index contributed by atoms with van der Waals surface area (Å²) in [6.07, 6.45) is 3.36. The largest absolute Gasteiger partial charge is 0.326 e. The van der Waals surface area contributed by atoms with Gasteiger partial charge >= 0.3 is 0 Å². The molecule has 3 atom stereocenters. The second-order valence-electron chi connectivity index (χ2n) is 5.34. The fourth-order valence-corrected chi connectivity index (χ4v) is 3.40. The third-order valence-corrected chi connectivity index (χ3v) is 4.93. The van der Waals surface area contributed by atoms with Gasteiger partial charge in [-0.05, 0) is 43.9 Å². The van der Waals surface area contributed by atoms with E-state index in [9.17, 15) is 4.79 Å². The smallest absolute Gasteiger partial charge is 0.229 e. The van der Waals surface area contributed by atoms with Crippen molar-refractivity contribution >= 4 is 27.5 Å². The van der Waals surface area contributed by atoms with Crippen molar-refractivity contribution in [1.29, 1.82) is 0 Å². The number of fused-ring (bicyclic) bond motifs is 2. The van der Waals surface area contributed by atoms with Gasteiger partial charge in [-0.2, -0.15) is 0 Å². The summed E-state index contributed by atoms with van der Waals surface area (Å²) in [4.78, 5) is 12.2. The molecular weight excluding hydrogens is 292 g/mol. The fourth-order valence-electron chi connectivity index (χ4n) is 3.02. The van der Waals surface area contributed by atoms with Gasteiger partial charge in [0.15, 0.2) is 0 Å². The Morgan fingerprint density at radius 1 is 1.44 bits per heavy atom. The number of nitrogens with one attached hydrogen (secondary N) is 2. The van der Waals surface area contributed by atoms with Crippen molar-refractivity contribution in [3.63, 3.8) is 0 Å². The fraction of sp³-hybridized carbons (Fsp3) is 0.500. The van der Waals surface area contributed by atoms with Gasteiger partial charge in [0, 0.05) is 22.2 Å². The Kier molecular flexibility index (Phi) is 3.16. The summed E-state index contributed by atoms with van der Waals surface area (Å²) in [5.74, 6) is 0.300. The van der Waals surface area contributed by atoms with Gasteiger partial charge in [-0.3, -0.25) is 4.79 Å². The highest BCUT2D eigenvalue weighted by atomic mass is 79.9. The summed E-state index contributed by atoms with van der Waals surface area (Å²) in [5, 5.41) is 6.52. The van der Waals surface area contributed by atoms with E-state index in [2.05, 4.69) is 26.6 Å². The molecule has 18 heavy (non-hydrogen) atoms. The van der Waals surface area contributed by atoms with Crippen molar-refractivity contribution in [3.8, 4) is 0 Å². The Hall–Kier alpha value is -0.870. The highest BCUT2D eigenvalue weighted by molar-refractivity contribution is 9.10. The molecule has 2 heterocycles. The Labute approximate surface area is 115 Å². The van der Waals surface area contributed by atoms with Crippen LogP contribution in [0.4, 0.5) is 5.69 Å². The lowest BCUT2D eigenvalue weighted by atomic mass is 9.88. The van der Waals surface area contributed by atoms with Crippen molar-refractivity contribution in [3.05, 3.63) is 28.2 Å². The van der Waals surface area contributed by atoms with Gasteiger partial charge in [0.25, 0.3) is 0 Å². The Morgan fingerprint density at radius 2 is 2.28 bits per heavy atom. The number of amides is 1. The normalized spacial score (nSPS) is 29.6. The molecule has 4 heteroatoms. The number of carbonyl (C=O) groups is 1. The van der Waals surface area contributed by atoms with Gasteiger partial charge in [-0.25, -0.2) is 0 Å². The van der Waals surface area contributed by atoms with Crippen LogP contribution in [-0.2, 0) is 4.79 Å². The van der Waals surface area contributed by atoms with E-state index in [4.69, 9.17) is 0 Å². The SMILES string of the molecule is Cc1ccc(NC(=O)C2CC3CCC2N3)cc1Br. The van der Waals surface area contributed by atoms with Gasteiger partial charge in [0.2, 0.25) is 5.91 Å². The van der Waals surface area contributed by atoms with Crippen LogP contribution in [0.15, 0.2) is 22.7 Å². The van der Waals surface area contributed by atoms with E-state index in [-0.39, 0.29) is 11.8 Å². The number of carbonyl (C=O) groups excluding carboxylic acids is 1. The maximum Gasteiger partial charge on any atom is 0.229 e. The number of aryl methyl sites for hydroxylation is 1. The van der Waals surface area contributed by atoms with Gasteiger partial charge in [-0.1, -0.05) is 22.0 Å². The highest BCUT2D eigenvalue weighted by Crippen LogP contribution is 2.34. The zero-order valence-electron chi connectivity index (χ0n) is 10.4. The minimum atomic E-state index is 0.142. The molecule has 0 aromatic heterocycles. The molecule has 0 spiro atoms. The van der Waals surface area contributed by atoms with Crippen molar-refractivity contribution in [2.24, 2.45) is 5.92 Å². The number of halogens is 1. The third kappa shape index (κ3) is 2.19. The van der Waals surface area contributed by atoms with E-state index >= 15 is 0 Å². The van der Waals surface area contributed by atoms with Crippen LogP contribution < -0.4 is 10.6 Å². The second kappa shape index (κ2) is 4.67. The molecule has 2 saturated heterocycles. The van der Waals surface area contributed by atoms with E-state index < -0.39 is 0 Å². The van der Waals surface area contributed by atoms with Crippen LogP contribution in [0.1, 0.15) is 24.8 Å². The Bertz CT molecular complexity index is 489. The average molecular weight is 309 g/mol. The molecule has 3 rings (SSSR count). The first-order chi connectivity index (χ1) is 8.63. The molecule has 1 amide bonds. The van der Waals surface area contributed by atoms with Crippen LogP contribution in [0.5, 0.6) is 0 Å². The number of benzene rings is 1. The summed E-state index contributed by atoms with van der Waals surface area (Å²) in [7, 11) is 0. The summed E-state index contributed by atoms with van der Waals surface area (Å²) in [6.45, 7) is 2.04. The average Bonchev–Trinajstić information content (AvgIpc) is 2.96. The lowest BCUT2D eigenvalue weighted by Gasteiger charge is -2.19. The van der Waals surface area contributed by atoms with E-state index in [0.717, 1.165) is 23.0 Å². The molecule has 3 unspecified atom stereocenters. The van der Waals surface area contributed by atoms with E-state index in [1.165, 1.54) is 12.0 Å². The molecular formula is C14H17BrN2O. The minimum absolute atomic E-state index is 0.142. The molecule has 2 aliphatic rings. The quantitative estimate of drug-likeness (QED) is 0.882. The zero-order valence-corrected chi connectivity index (χ0v) is 12.0. The first-order valence-corrected chi connectivity index (χ1v) is 7.26. The Balaban J connectivity index is 1.69. The van der Waals surface area contributed by atoms with Gasteiger partial charge < -0.3 is 10.6 Å². The van der Waals surface area contributed by atoms with Crippen LogP contribution >= 0.6 is 15.9 Å². The predicted octanol–water partition coefficient (Wildman–Crippen LogP) is 2.84. The van der Waals surface area contributed by atoms with E-state index in [1.54, 1.807) is 0 Å². The van der Waals surface area contributed by atoms with Crippen LogP contribution in [0.25, 0.3) is 0 Å². The molecule has 2 N–H and O–H groups in total. The standard InChI is InChI=1S/C14H17BrN2O/c1-8-2-3-10(7-12(8)15)17-14(18)11-6-9-4-5-13(11)16-9/h2-3,7,9,11,13,16H,4-6H2,1H3,(H,17,18). The summed E-state index contributed by atoms with van der Waals surface area (Å²) < 4.78 is 1.03. The second-order valence-corrected chi connectivity index (χ2v) is 6.20. The molecule has 0 aliphatic carbocycles. The van der Waals surface area contributed by atoms with Crippen molar-refractivity contribution < 1.29 is 4.79 Å². The summed E-state index contributed by atoms with van der Waals surface area (Å²) in [5.41, 5.74) is 2.05. The number of anilines is 1. The maximum atomic E-state index is 12.2. The van der Waals surface area contributed by atoms with Crippen LogP contribution in [0, 0.1) is 12.8 Å². The third-order valence-electron chi connectivity index (χ3n) is 4.08. The summed E-state index contributed by atoms with van der Waals surface area (Å²) in [6, 6.07) is 6.89. The summed E-state index contributed by atoms with van der Waals surface area (Å²) >= 11 is 3.49. The van der Waals surface area contributed by atoms with E-state index in [0.29, 0.717) is 12.1 Å². The number of hydrogen-bond donors (Lipinski definition) is 2. The lowest BCUT2D eigenvalue weighted by molar-refractivity contribution is -0.120. The molecule has 1 aromatic rings. The van der Waals surface area contributed by atoms with Crippen LogP contribution in [-0.4, -0.2) is 18.0 Å². The minimum Gasteiger partial charge on any atom is -0.326 e. The molecule has 2 bridgehead atoms. The molecule has 96 valence electrons. The first kappa shape index (κ1) is 12.2. The van der Waals surface area contributed by atoms with Crippen molar-refractivity contribution in [2.75, 3.05) is 5.32 Å². The molecule has 3 nitrogen and oxygen atoms in total. The molecule has 2 aliphatic heterocycles. The monoisotopic (exact) mass is 308 g/mol. The first-order valence-electron chi connectivity index (χ1n) is 6.46. The van der Waals surface area contributed by atoms with Gasteiger partial charge in [-0.15, -0.1) is 0 Å². The Morgan fingerprint density at radius 3 is 2.89 bits per heavy atom. The molecule has 0 saturated carbocycles. The van der Waals surface area contributed by atoms with Gasteiger partial charge in [0.05, 0.1) is 5.92 Å². The number of hydrogen-bond acceptors (Lipinski definition) is 2. The molecule has 1 aromatic carbocycles. The zero-order chi connectivity index (χ0) is 12.7.